The summed E-state index contributed by atoms with van der Waals surface area (Å²) in [6, 6.07) is 4.02. The summed E-state index contributed by atoms with van der Waals surface area (Å²) in [5, 5.41) is 19.2. The molecule has 0 saturated carbocycles. The highest BCUT2D eigenvalue weighted by Gasteiger charge is 2.26. The number of aryl methyl sites for hydroxylation is 2. The Balaban J connectivity index is 1.85. The molecule has 0 amide bonds. The zero-order chi connectivity index (χ0) is 17.3. The summed E-state index contributed by atoms with van der Waals surface area (Å²) in [4.78, 5) is 10.1. The van der Waals surface area contributed by atoms with Crippen molar-refractivity contribution in [3.63, 3.8) is 0 Å². The van der Waals surface area contributed by atoms with Gasteiger partial charge in [0.05, 0.1) is 11.5 Å². The minimum atomic E-state index is -4.03. The number of nitro benzene ring substituents is 1. The Morgan fingerprint density at radius 3 is 2.88 bits per heavy atom. The number of nitrogens with zero attached hydrogens (tertiary/aromatic N) is 4. The largest absolute Gasteiger partial charge is 0.314 e. The molecule has 1 aromatic heterocycles. The van der Waals surface area contributed by atoms with E-state index in [2.05, 4.69) is 14.9 Å². The number of nitro groups is 1. The summed E-state index contributed by atoms with van der Waals surface area (Å²) in [6.45, 7) is 2.36. The van der Waals surface area contributed by atoms with Gasteiger partial charge in [-0.2, -0.15) is 0 Å². The highest BCUT2D eigenvalue weighted by Crippen LogP contribution is 2.25. The average molecular weight is 351 g/mol. The molecule has 0 unspecified atom stereocenters. The molecule has 0 spiro atoms. The second kappa shape index (κ2) is 6.29. The molecule has 0 aliphatic carbocycles. The van der Waals surface area contributed by atoms with Gasteiger partial charge >= 0.3 is 0 Å². The number of benzene rings is 1. The third-order valence-corrected chi connectivity index (χ3v) is 5.41. The number of fused-ring (bicyclic) bond motifs is 1. The van der Waals surface area contributed by atoms with Crippen molar-refractivity contribution in [3.8, 4) is 0 Å². The topological polar surface area (TPSA) is 120 Å². The fourth-order valence-corrected chi connectivity index (χ4v) is 3.86. The Labute approximate surface area is 138 Å². The summed E-state index contributed by atoms with van der Waals surface area (Å²) in [6.07, 6.45) is 2.86. The Hall–Kier alpha value is -2.33. The Kier molecular flexibility index (Phi) is 4.33. The summed E-state index contributed by atoms with van der Waals surface area (Å²) in [5.74, 6) is 1.36. The van der Waals surface area contributed by atoms with E-state index in [1.54, 1.807) is 6.92 Å². The van der Waals surface area contributed by atoms with Crippen LogP contribution in [0.15, 0.2) is 23.1 Å². The lowest BCUT2D eigenvalue weighted by Gasteiger charge is -2.15. The predicted octanol–water partition coefficient (Wildman–Crippen LogP) is 1.31. The number of hydrogen-bond donors (Lipinski definition) is 1. The van der Waals surface area contributed by atoms with Crippen LogP contribution in [0, 0.1) is 17.0 Å². The molecular weight excluding hydrogens is 334 g/mol. The number of sulfonamides is 1. The first-order valence-electron chi connectivity index (χ1n) is 7.54. The monoisotopic (exact) mass is 351 g/mol. The quantitative estimate of drug-likeness (QED) is 0.640. The van der Waals surface area contributed by atoms with Crippen LogP contribution in [0.2, 0.25) is 0 Å². The van der Waals surface area contributed by atoms with Gasteiger partial charge in [-0.25, -0.2) is 13.1 Å². The van der Waals surface area contributed by atoms with Crippen molar-refractivity contribution in [2.45, 2.75) is 44.2 Å². The second-order valence-electron chi connectivity index (χ2n) is 5.69. The molecule has 9 nitrogen and oxygen atoms in total. The maximum absolute atomic E-state index is 12.5. The molecule has 3 rings (SSSR count). The first-order chi connectivity index (χ1) is 11.4. The number of rotatable bonds is 5. The van der Waals surface area contributed by atoms with E-state index in [-0.39, 0.29) is 11.4 Å². The van der Waals surface area contributed by atoms with E-state index in [1.165, 1.54) is 18.2 Å². The third-order valence-electron chi connectivity index (χ3n) is 3.96. The van der Waals surface area contributed by atoms with Crippen LogP contribution in [0.4, 0.5) is 5.69 Å². The molecule has 1 N–H and O–H groups in total. The van der Waals surface area contributed by atoms with Crippen LogP contribution in [0.1, 0.15) is 30.1 Å². The van der Waals surface area contributed by atoms with Gasteiger partial charge in [0, 0.05) is 19.0 Å². The molecule has 0 radical (unpaired) electrons. The van der Waals surface area contributed by atoms with Crippen LogP contribution in [0.25, 0.3) is 0 Å². The Bertz CT molecular complexity index is 891. The van der Waals surface area contributed by atoms with Crippen molar-refractivity contribution < 1.29 is 13.3 Å². The zero-order valence-corrected chi connectivity index (χ0v) is 13.9. The number of nitrogens with one attached hydrogen (secondary N) is 1. The minimum Gasteiger partial charge on any atom is -0.314 e. The highest BCUT2D eigenvalue weighted by atomic mass is 32.2. The first-order valence-corrected chi connectivity index (χ1v) is 9.02. The van der Waals surface area contributed by atoms with Gasteiger partial charge in [-0.15, -0.1) is 10.2 Å². The van der Waals surface area contributed by atoms with Crippen LogP contribution in [-0.4, -0.2) is 28.1 Å². The molecule has 1 aliphatic rings. The van der Waals surface area contributed by atoms with Crippen molar-refractivity contribution in [1.29, 1.82) is 0 Å². The molecule has 1 aliphatic heterocycles. The summed E-state index contributed by atoms with van der Waals surface area (Å²) in [7, 11) is -4.03. The van der Waals surface area contributed by atoms with E-state index in [4.69, 9.17) is 0 Å². The molecule has 0 saturated heterocycles. The highest BCUT2D eigenvalue weighted by molar-refractivity contribution is 7.89. The van der Waals surface area contributed by atoms with E-state index in [9.17, 15) is 18.5 Å². The molecule has 128 valence electrons. The fourth-order valence-electron chi connectivity index (χ4n) is 2.73. The second-order valence-corrected chi connectivity index (χ2v) is 7.43. The van der Waals surface area contributed by atoms with E-state index in [1.807, 2.05) is 4.57 Å². The van der Waals surface area contributed by atoms with Crippen molar-refractivity contribution in [1.82, 2.24) is 19.5 Å². The minimum absolute atomic E-state index is 0.0552. The molecule has 1 aromatic carbocycles. The molecule has 0 atom stereocenters. The van der Waals surface area contributed by atoms with Gasteiger partial charge in [0.1, 0.15) is 11.6 Å². The molecule has 2 heterocycles. The maximum Gasteiger partial charge on any atom is 0.289 e. The van der Waals surface area contributed by atoms with Gasteiger partial charge in [-0.05, 0) is 31.4 Å². The predicted molar refractivity (Wildman–Crippen MR) is 84.8 cm³/mol. The van der Waals surface area contributed by atoms with Crippen LogP contribution >= 0.6 is 0 Å². The standard InChI is InChI=1S/C14H17N5O4S/c1-10-5-6-12(11(8-10)19(20)21)24(22,23)15-9-14-17-16-13-4-2-3-7-18(13)14/h5-6,8,15H,2-4,7,9H2,1H3. The van der Waals surface area contributed by atoms with Gasteiger partial charge < -0.3 is 4.57 Å². The maximum atomic E-state index is 12.5. The molecule has 0 fully saturated rings. The molecular formula is C14H17N5O4S. The van der Waals surface area contributed by atoms with Crippen LogP contribution in [0.5, 0.6) is 0 Å². The van der Waals surface area contributed by atoms with Crippen LogP contribution < -0.4 is 4.72 Å². The Morgan fingerprint density at radius 1 is 1.33 bits per heavy atom. The lowest BCUT2D eigenvalue weighted by Crippen LogP contribution is -2.26. The third kappa shape index (κ3) is 3.15. The van der Waals surface area contributed by atoms with Crippen molar-refractivity contribution >= 4 is 15.7 Å². The van der Waals surface area contributed by atoms with E-state index in [0.29, 0.717) is 11.4 Å². The van der Waals surface area contributed by atoms with Crippen molar-refractivity contribution in [2.75, 3.05) is 0 Å². The lowest BCUT2D eigenvalue weighted by atomic mass is 10.2. The first kappa shape index (κ1) is 16.5. The summed E-state index contributed by atoms with van der Waals surface area (Å²) >= 11 is 0. The summed E-state index contributed by atoms with van der Waals surface area (Å²) < 4.78 is 29.2. The normalized spacial score (nSPS) is 14.4. The van der Waals surface area contributed by atoms with Crippen LogP contribution in [0.3, 0.4) is 0 Å². The Morgan fingerprint density at radius 2 is 2.12 bits per heavy atom. The van der Waals surface area contributed by atoms with Gasteiger partial charge in [-0.1, -0.05) is 6.07 Å². The number of aromatic nitrogens is 3. The van der Waals surface area contributed by atoms with E-state index >= 15 is 0 Å². The van der Waals surface area contributed by atoms with Crippen LogP contribution in [-0.2, 0) is 29.5 Å². The molecule has 0 bridgehead atoms. The smallest absolute Gasteiger partial charge is 0.289 e. The SMILES string of the molecule is Cc1ccc(S(=O)(=O)NCc2nnc3n2CCCC3)c([N+](=O)[O-])c1. The van der Waals surface area contributed by atoms with E-state index in [0.717, 1.165) is 31.6 Å². The summed E-state index contributed by atoms with van der Waals surface area (Å²) in [5.41, 5.74) is 0.179. The van der Waals surface area contributed by atoms with Gasteiger partial charge in [0.25, 0.3) is 5.69 Å². The van der Waals surface area contributed by atoms with Gasteiger partial charge in [0.2, 0.25) is 10.0 Å². The van der Waals surface area contributed by atoms with Crippen molar-refractivity contribution in [3.05, 3.63) is 45.5 Å². The molecule has 24 heavy (non-hydrogen) atoms. The lowest BCUT2D eigenvalue weighted by molar-refractivity contribution is -0.387. The average Bonchev–Trinajstić information content (AvgIpc) is 2.96. The fraction of sp³-hybridized carbons (Fsp3) is 0.429. The van der Waals surface area contributed by atoms with Crippen molar-refractivity contribution in [2.24, 2.45) is 0 Å². The van der Waals surface area contributed by atoms with Gasteiger partial charge in [0.15, 0.2) is 4.90 Å². The van der Waals surface area contributed by atoms with E-state index < -0.39 is 20.6 Å². The molecule has 10 heteroatoms. The number of hydrogen-bond acceptors (Lipinski definition) is 6. The molecule has 2 aromatic rings. The van der Waals surface area contributed by atoms with Gasteiger partial charge in [-0.3, -0.25) is 10.1 Å². The zero-order valence-electron chi connectivity index (χ0n) is 13.1.